The molecule has 4 aromatic heterocycles. The van der Waals surface area contributed by atoms with E-state index in [0.29, 0.717) is 12.2 Å². The van der Waals surface area contributed by atoms with Crippen LogP contribution < -0.4 is 10.2 Å². The number of carbonyl (C=O) groups excluding carboxylic acids is 1. The van der Waals surface area contributed by atoms with Gasteiger partial charge in [0.05, 0.1) is 41.5 Å². The van der Waals surface area contributed by atoms with Gasteiger partial charge in [0, 0.05) is 59.9 Å². The minimum atomic E-state index is -0.0933. The number of hydrogen-bond donors (Lipinski definition) is 3. The van der Waals surface area contributed by atoms with Crippen molar-refractivity contribution in [1.29, 1.82) is 0 Å². The second-order valence-corrected chi connectivity index (χ2v) is 10.1. The van der Waals surface area contributed by atoms with E-state index in [0.717, 1.165) is 65.2 Å². The molecule has 194 valence electrons. The number of nitrogens with zero attached hydrogens (tertiary/aromatic N) is 6. The number of fused-ring (bicyclic) bond motifs is 2. The Bertz CT molecular complexity index is 1610. The van der Waals surface area contributed by atoms with E-state index in [2.05, 4.69) is 71.6 Å². The van der Waals surface area contributed by atoms with Crippen LogP contribution in [0.5, 0.6) is 0 Å². The Kier molecular flexibility index (Phi) is 6.26. The van der Waals surface area contributed by atoms with Crippen LogP contribution in [0.1, 0.15) is 0 Å². The van der Waals surface area contributed by atoms with Crippen molar-refractivity contribution in [2.45, 2.75) is 0 Å². The molecule has 0 saturated carbocycles. The number of H-pyrrole nitrogens is 2. The van der Waals surface area contributed by atoms with Gasteiger partial charge in [0.25, 0.3) is 0 Å². The van der Waals surface area contributed by atoms with Crippen molar-refractivity contribution >= 4 is 39.1 Å². The highest BCUT2D eigenvalue weighted by atomic mass is 16.2. The third-order valence-corrected chi connectivity index (χ3v) is 6.97. The lowest BCUT2D eigenvalue weighted by Gasteiger charge is -2.34. The van der Waals surface area contributed by atoms with E-state index < -0.39 is 0 Å². The van der Waals surface area contributed by atoms with E-state index in [4.69, 9.17) is 0 Å². The minimum Gasteiger partial charge on any atom is -0.368 e. The monoisotopic (exact) mass is 509 g/mol. The molecule has 0 unspecified atom stereocenters. The number of rotatable bonds is 6. The first-order valence-electron chi connectivity index (χ1n) is 12.7. The van der Waals surface area contributed by atoms with Gasteiger partial charge in [0.15, 0.2) is 0 Å². The normalized spacial score (nSPS) is 14.6. The van der Waals surface area contributed by atoms with Gasteiger partial charge in [-0.05, 0) is 51.5 Å². The van der Waals surface area contributed by atoms with Crippen LogP contribution in [0.4, 0.5) is 11.4 Å². The third kappa shape index (κ3) is 4.71. The average molecular weight is 510 g/mol. The highest BCUT2D eigenvalue weighted by molar-refractivity contribution is 6.00. The van der Waals surface area contributed by atoms with Gasteiger partial charge >= 0.3 is 0 Å². The van der Waals surface area contributed by atoms with Gasteiger partial charge in [-0.1, -0.05) is 6.07 Å². The largest absolute Gasteiger partial charge is 0.368 e. The molecule has 10 nitrogen and oxygen atoms in total. The van der Waals surface area contributed by atoms with Gasteiger partial charge in [-0.25, -0.2) is 0 Å². The fraction of sp³-hybridized carbons (Fsp3) is 0.286. The Balaban J connectivity index is 1.34. The molecule has 5 heterocycles. The number of anilines is 2. The number of likely N-dealkylation sites (N-methyl/N-ethyl adjacent to an activating group) is 2. The Labute approximate surface area is 220 Å². The summed E-state index contributed by atoms with van der Waals surface area (Å²) >= 11 is 0. The van der Waals surface area contributed by atoms with Crippen LogP contribution in [0.25, 0.3) is 44.5 Å². The number of piperazine rings is 1. The van der Waals surface area contributed by atoms with Crippen LogP contribution in [-0.2, 0) is 4.79 Å². The summed E-state index contributed by atoms with van der Waals surface area (Å²) in [4.78, 5) is 31.4. The van der Waals surface area contributed by atoms with Crippen molar-refractivity contribution in [3.8, 4) is 22.6 Å². The zero-order valence-electron chi connectivity index (χ0n) is 21.8. The number of carbonyl (C=O) groups is 1. The number of aromatic nitrogens is 5. The van der Waals surface area contributed by atoms with Crippen LogP contribution in [0, 0.1) is 0 Å². The molecule has 6 rings (SSSR count). The SMILES string of the molecule is CN(C)CC(=O)Nc1cncc(-c2cc3c(-c4cc5c(N6CCN(C)CC6)cccc5[nH]4)n[nH]c3cn2)c1. The third-order valence-electron chi connectivity index (χ3n) is 6.97. The molecule has 1 aliphatic rings. The van der Waals surface area contributed by atoms with E-state index in [-0.39, 0.29) is 5.91 Å². The van der Waals surface area contributed by atoms with Crippen molar-refractivity contribution in [1.82, 2.24) is 34.9 Å². The first-order chi connectivity index (χ1) is 18.4. The summed E-state index contributed by atoms with van der Waals surface area (Å²) in [6.45, 7) is 4.44. The van der Waals surface area contributed by atoms with Crippen molar-refractivity contribution in [2.75, 3.05) is 64.1 Å². The fourth-order valence-electron chi connectivity index (χ4n) is 5.01. The van der Waals surface area contributed by atoms with E-state index in [1.807, 2.05) is 31.1 Å². The lowest BCUT2D eigenvalue weighted by Crippen LogP contribution is -2.44. The van der Waals surface area contributed by atoms with E-state index in [1.165, 1.54) is 11.1 Å². The van der Waals surface area contributed by atoms with Gasteiger partial charge in [0.2, 0.25) is 5.91 Å². The Morgan fingerprint density at radius 1 is 1.03 bits per heavy atom. The Morgan fingerprint density at radius 2 is 1.87 bits per heavy atom. The molecule has 1 saturated heterocycles. The lowest BCUT2D eigenvalue weighted by molar-refractivity contribution is -0.116. The highest BCUT2D eigenvalue weighted by Gasteiger charge is 2.19. The van der Waals surface area contributed by atoms with Gasteiger partial charge in [-0.15, -0.1) is 0 Å². The first kappa shape index (κ1) is 24.1. The van der Waals surface area contributed by atoms with Crippen LogP contribution in [0.2, 0.25) is 0 Å². The lowest BCUT2D eigenvalue weighted by atomic mass is 10.1. The standard InChI is InChI=1S/C28H31N9O/c1-35(2)17-27(38)31-19-11-18(14-29-15-19)23-13-21-25(16-30-23)33-34-28(21)24-12-20-22(32-24)5-4-6-26(20)37-9-7-36(3)8-10-37/h4-6,11-16,32H,7-10,17H2,1-3H3,(H,31,38)(H,33,34). The predicted octanol–water partition coefficient (Wildman–Crippen LogP) is 3.42. The second kappa shape index (κ2) is 9.88. The maximum absolute atomic E-state index is 12.2. The summed E-state index contributed by atoms with van der Waals surface area (Å²) in [5.74, 6) is -0.0933. The van der Waals surface area contributed by atoms with Crippen molar-refractivity contribution in [3.63, 3.8) is 0 Å². The number of pyridine rings is 2. The summed E-state index contributed by atoms with van der Waals surface area (Å²) in [5, 5.41) is 12.8. The predicted molar refractivity (Wildman–Crippen MR) is 151 cm³/mol. The summed E-state index contributed by atoms with van der Waals surface area (Å²) in [6.07, 6.45) is 5.18. The van der Waals surface area contributed by atoms with Crippen molar-refractivity contribution in [3.05, 3.63) is 55.0 Å². The molecule has 0 radical (unpaired) electrons. The average Bonchev–Trinajstić information content (AvgIpc) is 3.52. The van der Waals surface area contributed by atoms with Crippen LogP contribution >= 0.6 is 0 Å². The molecular weight excluding hydrogens is 478 g/mol. The topological polar surface area (TPSA) is 109 Å². The Hall–Kier alpha value is -4.28. The number of amides is 1. The molecule has 1 fully saturated rings. The molecule has 0 spiro atoms. The summed E-state index contributed by atoms with van der Waals surface area (Å²) in [7, 11) is 5.89. The van der Waals surface area contributed by atoms with Crippen LogP contribution in [0.15, 0.2) is 55.0 Å². The molecule has 0 aliphatic carbocycles. The number of nitrogens with one attached hydrogen (secondary N) is 3. The smallest absolute Gasteiger partial charge is 0.238 e. The molecule has 3 N–H and O–H groups in total. The van der Waals surface area contributed by atoms with Gasteiger partial charge in [-0.2, -0.15) is 5.10 Å². The van der Waals surface area contributed by atoms with Gasteiger partial charge in [0.1, 0.15) is 5.69 Å². The molecule has 5 aromatic rings. The zero-order chi connectivity index (χ0) is 26.2. The maximum atomic E-state index is 12.2. The maximum Gasteiger partial charge on any atom is 0.238 e. The zero-order valence-corrected chi connectivity index (χ0v) is 21.8. The molecule has 1 aliphatic heterocycles. The summed E-state index contributed by atoms with van der Waals surface area (Å²) in [5.41, 5.74) is 7.19. The number of aromatic amines is 2. The van der Waals surface area contributed by atoms with Gasteiger partial charge < -0.3 is 25.0 Å². The van der Waals surface area contributed by atoms with E-state index >= 15 is 0 Å². The van der Waals surface area contributed by atoms with Crippen molar-refractivity contribution < 1.29 is 4.79 Å². The van der Waals surface area contributed by atoms with Gasteiger partial charge in [-0.3, -0.25) is 19.9 Å². The summed E-state index contributed by atoms with van der Waals surface area (Å²) in [6, 6.07) is 12.5. The molecule has 0 atom stereocenters. The minimum absolute atomic E-state index is 0.0933. The summed E-state index contributed by atoms with van der Waals surface area (Å²) < 4.78 is 0. The molecule has 10 heteroatoms. The number of benzene rings is 1. The van der Waals surface area contributed by atoms with E-state index in [1.54, 1.807) is 18.6 Å². The molecule has 38 heavy (non-hydrogen) atoms. The number of hydrogen-bond acceptors (Lipinski definition) is 7. The molecule has 1 amide bonds. The second-order valence-electron chi connectivity index (χ2n) is 10.1. The quantitative estimate of drug-likeness (QED) is 0.322. The van der Waals surface area contributed by atoms with E-state index in [9.17, 15) is 4.79 Å². The molecule has 0 bridgehead atoms. The first-order valence-corrected chi connectivity index (χ1v) is 12.7. The molecular formula is C28H31N9O. The van der Waals surface area contributed by atoms with Crippen molar-refractivity contribution in [2.24, 2.45) is 0 Å². The molecule has 1 aromatic carbocycles. The fourth-order valence-corrected chi connectivity index (χ4v) is 5.01. The highest BCUT2D eigenvalue weighted by Crippen LogP contribution is 2.34. The van der Waals surface area contributed by atoms with Crippen LogP contribution in [0.3, 0.4) is 0 Å². The Morgan fingerprint density at radius 3 is 2.68 bits per heavy atom. The van der Waals surface area contributed by atoms with Crippen LogP contribution in [-0.4, -0.2) is 94.7 Å².